The molecule has 0 bridgehead atoms. The minimum Gasteiger partial charge on any atom is -0.317 e. The average Bonchev–Trinajstić information content (AvgIpc) is 2.56. The third-order valence-electron chi connectivity index (χ3n) is 3.81. The number of benzene rings is 2. The van der Waals surface area contributed by atoms with E-state index in [1.165, 1.54) is 4.90 Å². The first-order valence-corrected chi connectivity index (χ1v) is 8.12. The van der Waals surface area contributed by atoms with Gasteiger partial charge in [0.15, 0.2) is 0 Å². The van der Waals surface area contributed by atoms with Crippen molar-refractivity contribution in [2.45, 2.75) is 33.1 Å². The van der Waals surface area contributed by atoms with Crippen LogP contribution in [-0.4, -0.2) is 18.4 Å². The molecule has 24 heavy (non-hydrogen) atoms. The normalized spacial score (nSPS) is 11.0. The minimum absolute atomic E-state index is 0.128. The fourth-order valence-electron chi connectivity index (χ4n) is 2.60. The fourth-order valence-corrected chi connectivity index (χ4v) is 2.60. The molecule has 2 rings (SSSR count). The first-order valence-electron chi connectivity index (χ1n) is 8.12. The van der Waals surface area contributed by atoms with Crippen molar-refractivity contribution in [1.82, 2.24) is 0 Å². The quantitative estimate of drug-likeness (QED) is 0.868. The van der Waals surface area contributed by atoms with Gasteiger partial charge in [-0.2, -0.15) is 0 Å². The van der Waals surface area contributed by atoms with Gasteiger partial charge in [-0.3, -0.25) is 9.59 Å². The Morgan fingerprint density at radius 1 is 0.958 bits per heavy atom. The number of nitrogens with one attached hydrogen (secondary N) is 1. The molecule has 4 nitrogen and oxygen atoms in total. The maximum Gasteiger partial charge on any atom is 0.316 e. The zero-order chi connectivity index (χ0) is 17.7. The zero-order valence-electron chi connectivity index (χ0n) is 14.7. The summed E-state index contributed by atoms with van der Waals surface area (Å²) in [7, 11) is 0. The SMILES string of the molecule is CCN(C(=O)C(=O)Nc1ccccc1C(C)(C)C)c1ccccc1. The van der Waals surface area contributed by atoms with E-state index in [0.717, 1.165) is 5.56 Å². The molecule has 0 atom stereocenters. The molecule has 0 aliphatic heterocycles. The van der Waals surface area contributed by atoms with Gasteiger partial charge in [0.1, 0.15) is 0 Å². The molecule has 0 unspecified atom stereocenters. The Kier molecular flexibility index (Phi) is 5.39. The van der Waals surface area contributed by atoms with E-state index in [-0.39, 0.29) is 5.41 Å². The second-order valence-corrected chi connectivity index (χ2v) is 6.63. The number of carbonyl (C=O) groups excluding carboxylic acids is 2. The third-order valence-corrected chi connectivity index (χ3v) is 3.81. The molecule has 0 aliphatic rings. The van der Waals surface area contributed by atoms with Crippen LogP contribution in [0.25, 0.3) is 0 Å². The highest BCUT2D eigenvalue weighted by atomic mass is 16.2. The first kappa shape index (κ1) is 17.7. The van der Waals surface area contributed by atoms with Crippen molar-refractivity contribution in [3.05, 3.63) is 60.2 Å². The van der Waals surface area contributed by atoms with Gasteiger partial charge in [0.25, 0.3) is 0 Å². The van der Waals surface area contributed by atoms with E-state index in [1.807, 2.05) is 61.5 Å². The number of carbonyl (C=O) groups is 2. The molecule has 0 saturated carbocycles. The van der Waals surface area contributed by atoms with Crippen LogP contribution in [-0.2, 0) is 15.0 Å². The van der Waals surface area contributed by atoms with Gasteiger partial charge in [-0.15, -0.1) is 0 Å². The van der Waals surface area contributed by atoms with Gasteiger partial charge in [-0.1, -0.05) is 57.2 Å². The summed E-state index contributed by atoms with van der Waals surface area (Å²) < 4.78 is 0. The van der Waals surface area contributed by atoms with Crippen LogP contribution in [0.4, 0.5) is 11.4 Å². The summed E-state index contributed by atoms with van der Waals surface area (Å²) in [5.74, 6) is -1.19. The van der Waals surface area contributed by atoms with Crippen molar-refractivity contribution < 1.29 is 9.59 Å². The van der Waals surface area contributed by atoms with Crippen molar-refractivity contribution in [3.8, 4) is 0 Å². The second kappa shape index (κ2) is 7.30. The Labute approximate surface area is 143 Å². The van der Waals surface area contributed by atoms with Gasteiger partial charge in [-0.05, 0) is 36.1 Å². The minimum atomic E-state index is -0.627. The van der Waals surface area contributed by atoms with Crippen LogP contribution in [0.5, 0.6) is 0 Å². The van der Waals surface area contributed by atoms with Crippen LogP contribution >= 0.6 is 0 Å². The molecule has 1 N–H and O–H groups in total. The average molecular weight is 324 g/mol. The zero-order valence-corrected chi connectivity index (χ0v) is 14.7. The van der Waals surface area contributed by atoms with E-state index in [0.29, 0.717) is 17.9 Å². The highest BCUT2D eigenvalue weighted by molar-refractivity contribution is 6.44. The lowest BCUT2D eigenvalue weighted by Gasteiger charge is -2.24. The Hall–Kier alpha value is -2.62. The maximum absolute atomic E-state index is 12.6. The molecular formula is C20H24N2O2. The fraction of sp³-hybridized carbons (Fsp3) is 0.300. The van der Waals surface area contributed by atoms with E-state index in [9.17, 15) is 9.59 Å². The Morgan fingerprint density at radius 2 is 1.54 bits per heavy atom. The molecule has 2 aromatic rings. The highest BCUT2D eigenvalue weighted by Crippen LogP contribution is 2.29. The standard InChI is InChI=1S/C20H24N2O2/c1-5-22(15-11-7-6-8-12-15)19(24)18(23)21-17-14-10-9-13-16(17)20(2,3)4/h6-14H,5H2,1-4H3,(H,21,23). The molecule has 0 radical (unpaired) electrons. The molecule has 2 amide bonds. The highest BCUT2D eigenvalue weighted by Gasteiger charge is 2.24. The number of likely N-dealkylation sites (N-methyl/N-ethyl adjacent to an activating group) is 1. The van der Waals surface area contributed by atoms with Crippen LogP contribution in [0.1, 0.15) is 33.3 Å². The van der Waals surface area contributed by atoms with E-state index < -0.39 is 11.8 Å². The topological polar surface area (TPSA) is 49.4 Å². The number of hydrogen-bond acceptors (Lipinski definition) is 2. The van der Waals surface area contributed by atoms with Crippen LogP contribution in [0.15, 0.2) is 54.6 Å². The predicted molar refractivity (Wildman–Crippen MR) is 98.2 cm³/mol. The summed E-state index contributed by atoms with van der Waals surface area (Å²) in [5.41, 5.74) is 2.25. The van der Waals surface area contributed by atoms with E-state index in [2.05, 4.69) is 26.1 Å². The molecule has 0 saturated heterocycles. The van der Waals surface area contributed by atoms with Crippen molar-refractivity contribution in [2.75, 3.05) is 16.8 Å². The molecule has 0 aliphatic carbocycles. The molecule has 0 fully saturated rings. The lowest BCUT2D eigenvalue weighted by atomic mass is 9.86. The molecule has 0 heterocycles. The Morgan fingerprint density at radius 3 is 2.12 bits per heavy atom. The Bertz CT molecular complexity index is 718. The summed E-state index contributed by atoms with van der Waals surface area (Å²) in [6, 6.07) is 16.8. The van der Waals surface area contributed by atoms with E-state index in [1.54, 1.807) is 0 Å². The molecule has 2 aromatic carbocycles. The summed E-state index contributed by atoms with van der Waals surface area (Å²) in [6.45, 7) is 8.49. The number of anilines is 2. The molecule has 0 spiro atoms. The van der Waals surface area contributed by atoms with Crippen LogP contribution in [0, 0.1) is 0 Å². The number of rotatable bonds is 3. The van der Waals surface area contributed by atoms with E-state index in [4.69, 9.17) is 0 Å². The second-order valence-electron chi connectivity index (χ2n) is 6.63. The maximum atomic E-state index is 12.6. The smallest absolute Gasteiger partial charge is 0.316 e. The van der Waals surface area contributed by atoms with Gasteiger partial charge in [0.2, 0.25) is 0 Å². The summed E-state index contributed by atoms with van der Waals surface area (Å²) in [4.78, 5) is 26.5. The van der Waals surface area contributed by atoms with Crippen molar-refractivity contribution in [3.63, 3.8) is 0 Å². The van der Waals surface area contributed by atoms with Gasteiger partial charge in [-0.25, -0.2) is 0 Å². The van der Waals surface area contributed by atoms with E-state index >= 15 is 0 Å². The molecular weight excluding hydrogens is 300 g/mol. The molecule has 126 valence electrons. The van der Waals surface area contributed by atoms with Gasteiger partial charge in [0.05, 0.1) is 0 Å². The summed E-state index contributed by atoms with van der Waals surface area (Å²) in [6.07, 6.45) is 0. The lowest BCUT2D eigenvalue weighted by Crippen LogP contribution is -2.40. The number of para-hydroxylation sites is 2. The van der Waals surface area contributed by atoms with Gasteiger partial charge in [0, 0.05) is 17.9 Å². The summed E-state index contributed by atoms with van der Waals surface area (Å²) >= 11 is 0. The van der Waals surface area contributed by atoms with Crippen LogP contribution in [0.3, 0.4) is 0 Å². The number of amides is 2. The monoisotopic (exact) mass is 324 g/mol. The lowest BCUT2D eigenvalue weighted by molar-refractivity contribution is -0.134. The Balaban J connectivity index is 2.22. The number of hydrogen-bond donors (Lipinski definition) is 1. The summed E-state index contributed by atoms with van der Waals surface area (Å²) in [5, 5.41) is 2.77. The largest absolute Gasteiger partial charge is 0.317 e. The number of nitrogens with zero attached hydrogens (tertiary/aromatic N) is 1. The molecule has 4 heteroatoms. The van der Waals surface area contributed by atoms with Crippen molar-refractivity contribution in [2.24, 2.45) is 0 Å². The van der Waals surface area contributed by atoms with Crippen molar-refractivity contribution in [1.29, 1.82) is 0 Å². The molecule has 0 aromatic heterocycles. The van der Waals surface area contributed by atoms with Gasteiger partial charge < -0.3 is 10.2 Å². The predicted octanol–water partition coefficient (Wildman–Crippen LogP) is 3.98. The van der Waals surface area contributed by atoms with Gasteiger partial charge >= 0.3 is 11.8 Å². The third kappa shape index (κ3) is 4.02. The van der Waals surface area contributed by atoms with Crippen LogP contribution in [0.2, 0.25) is 0 Å². The first-order chi connectivity index (χ1) is 11.3. The van der Waals surface area contributed by atoms with Crippen LogP contribution < -0.4 is 10.2 Å². The van der Waals surface area contributed by atoms with Crippen molar-refractivity contribution >= 4 is 23.2 Å².